The van der Waals surface area contributed by atoms with Crippen LogP contribution in [0.1, 0.15) is 118 Å². The van der Waals surface area contributed by atoms with Crippen LogP contribution < -0.4 is 0 Å². The minimum atomic E-state index is -0.472. The van der Waals surface area contributed by atoms with Gasteiger partial charge in [-0.25, -0.2) is 9.59 Å². The highest BCUT2D eigenvalue weighted by Crippen LogP contribution is 2.13. The second-order valence-electron chi connectivity index (χ2n) is 8.05. The SMILES string of the molecule is CCCCCC/C=C/CCOC(=O)c1ccccc1C(=O)OCCCCCCCCC. The second kappa shape index (κ2) is 18.7. The van der Waals surface area contributed by atoms with Crippen LogP contribution in [-0.2, 0) is 9.47 Å². The van der Waals surface area contributed by atoms with E-state index in [0.29, 0.717) is 19.6 Å². The van der Waals surface area contributed by atoms with Crippen LogP contribution in [0.25, 0.3) is 0 Å². The van der Waals surface area contributed by atoms with Gasteiger partial charge in [0.1, 0.15) is 0 Å². The van der Waals surface area contributed by atoms with E-state index in [1.807, 2.05) is 0 Å². The first-order chi connectivity index (χ1) is 15.2. The Hall–Kier alpha value is -2.10. The van der Waals surface area contributed by atoms with Gasteiger partial charge in [0, 0.05) is 0 Å². The van der Waals surface area contributed by atoms with Crippen molar-refractivity contribution < 1.29 is 19.1 Å². The molecule has 0 heterocycles. The first-order valence-corrected chi connectivity index (χ1v) is 12.3. The summed E-state index contributed by atoms with van der Waals surface area (Å²) in [5, 5.41) is 0. The van der Waals surface area contributed by atoms with Crippen LogP contribution in [0.2, 0.25) is 0 Å². The van der Waals surface area contributed by atoms with Crippen LogP contribution in [0.5, 0.6) is 0 Å². The summed E-state index contributed by atoms with van der Waals surface area (Å²) >= 11 is 0. The normalized spacial score (nSPS) is 11.0. The number of hydrogen-bond donors (Lipinski definition) is 0. The Morgan fingerprint density at radius 3 is 1.74 bits per heavy atom. The maximum atomic E-state index is 12.4. The fourth-order valence-electron chi connectivity index (χ4n) is 3.36. The van der Waals surface area contributed by atoms with E-state index < -0.39 is 11.9 Å². The number of carbonyl (C=O) groups is 2. The number of carbonyl (C=O) groups excluding carboxylic acids is 2. The third kappa shape index (κ3) is 13.0. The number of allylic oxidation sites excluding steroid dienone is 1. The predicted molar refractivity (Wildman–Crippen MR) is 128 cm³/mol. The third-order valence-electron chi connectivity index (χ3n) is 5.26. The largest absolute Gasteiger partial charge is 0.462 e. The molecule has 4 nitrogen and oxygen atoms in total. The number of benzene rings is 1. The number of esters is 2. The molecule has 0 fully saturated rings. The summed E-state index contributed by atoms with van der Waals surface area (Å²) in [7, 11) is 0. The number of rotatable bonds is 18. The number of ether oxygens (including phenoxy) is 2. The average Bonchev–Trinajstić information content (AvgIpc) is 2.79. The summed E-state index contributed by atoms with van der Waals surface area (Å²) in [6.07, 6.45) is 19.1. The number of unbranched alkanes of at least 4 members (excludes halogenated alkanes) is 10. The smallest absolute Gasteiger partial charge is 0.339 e. The zero-order valence-corrected chi connectivity index (χ0v) is 19.7. The van der Waals surface area contributed by atoms with E-state index in [4.69, 9.17) is 9.47 Å². The zero-order valence-electron chi connectivity index (χ0n) is 19.7. The summed E-state index contributed by atoms with van der Waals surface area (Å²) in [5.41, 5.74) is 0.553. The van der Waals surface area contributed by atoms with Gasteiger partial charge in [0.2, 0.25) is 0 Å². The molecule has 0 spiro atoms. The molecule has 1 aromatic carbocycles. The third-order valence-corrected chi connectivity index (χ3v) is 5.26. The second-order valence-corrected chi connectivity index (χ2v) is 8.05. The Morgan fingerprint density at radius 2 is 1.13 bits per heavy atom. The van der Waals surface area contributed by atoms with E-state index >= 15 is 0 Å². The molecule has 0 unspecified atom stereocenters. The van der Waals surface area contributed by atoms with Gasteiger partial charge in [-0.05, 0) is 37.8 Å². The summed E-state index contributed by atoms with van der Waals surface area (Å²) < 4.78 is 10.7. The molecular formula is C27H42O4. The highest BCUT2D eigenvalue weighted by Gasteiger charge is 2.18. The van der Waals surface area contributed by atoms with Crippen molar-refractivity contribution in [1.82, 2.24) is 0 Å². The molecular weight excluding hydrogens is 388 g/mol. The van der Waals surface area contributed by atoms with Crippen molar-refractivity contribution in [3.05, 3.63) is 47.5 Å². The molecule has 0 bridgehead atoms. The maximum Gasteiger partial charge on any atom is 0.339 e. The summed E-state index contributed by atoms with van der Waals surface area (Å²) in [6.45, 7) is 5.11. The molecule has 0 aliphatic carbocycles. The summed E-state index contributed by atoms with van der Waals surface area (Å²) in [4.78, 5) is 24.9. The van der Waals surface area contributed by atoms with Gasteiger partial charge in [0.25, 0.3) is 0 Å². The Kier molecular flexibility index (Phi) is 16.2. The quantitative estimate of drug-likeness (QED) is 0.136. The lowest BCUT2D eigenvalue weighted by Gasteiger charge is -2.09. The van der Waals surface area contributed by atoms with Crippen molar-refractivity contribution in [2.45, 2.75) is 97.3 Å². The van der Waals surface area contributed by atoms with E-state index in [9.17, 15) is 9.59 Å². The lowest BCUT2D eigenvalue weighted by molar-refractivity contribution is 0.0457. The molecule has 0 N–H and O–H groups in total. The lowest BCUT2D eigenvalue weighted by atomic mass is 10.1. The Labute approximate surface area is 189 Å². The molecule has 31 heavy (non-hydrogen) atoms. The molecule has 1 rings (SSSR count). The lowest BCUT2D eigenvalue weighted by Crippen LogP contribution is -2.14. The average molecular weight is 431 g/mol. The minimum absolute atomic E-state index is 0.274. The molecule has 0 radical (unpaired) electrons. The van der Waals surface area contributed by atoms with Gasteiger partial charge in [-0.2, -0.15) is 0 Å². The van der Waals surface area contributed by atoms with E-state index in [-0.39, 0.29) is 11.1 Å². The van der Waals surface area contributed by atoms with Crippen LogP contribution in [-0.4, -0.2) is 25.2 Å². The molecule has 0 aliphatic rings. The van der Waals surface area contributed by atoms with Gasteiger partial charge < -0.3 is 9.47 Å². The van der Waals surface area contributed by atoms with Gasteiger partial charge in [0.15, 0.2) is 0 Å². The Morgan fingerprint density at radius 1 is 0.645 bits per heavy atom. The van der Waals surface area contributed by atoms with Crippen molar-refractivity contribution in [3.8, 4) is 0 Å². The van der Waals surface area contributed by atoms with Crippen LogP contribution >= 0.6 is 0 Å². The highest BCUT2D eigenvalue weighted by atomic mass is 16.5. The summed E-state index contributed by atoms with van der Waals surface area (Å²) in [6, 6.07) is 6.72. The molecule has 0 saturated carbocycles. The van der Waals surface area contributed by atoms with Crippen LogP contribution in [0.3, 0.4) is 0 Å². The molecule has 1 aromatic rings. The van der Waals surface area contributed by atoms with Crippen LogP contribution in [0.4, 0.5) is 0 Å². The standard InChI is InChI=1S/C27H42O4/c1-3-5-7-9-11-13-15-19-23-31-27(29)25-21-17-16-20-24(25)26(28)30-22-18-14-12-10-8-6-4-2/h13,15-17,20-21H,3-12,14,18-19,22-23H2,1-2H3/b15-13+. The van der Waals surface area contributed by atoms with Gasteiger partial charge in [-0.3, -0.25) is 0 Å². The van der Waals surface area contributed by atoms with Crippen molar-refractivity contribution in [3.63, 3.8) is 0 Å². The molecule has 4 heteroatoms. The van der Waals surface area contributed by atoms with Crippen molar-refractivity contribution in [2.24, 2.45) is 0 Å². The first kappa shape index (κ1) is 26.9. The predicted octanol–water partition coefficient (Wildman–Crippen LogP) is 7.67. The maximum absolute atomic E-state index is 12.4. The van der Waals surface area contributed by atoms with E-state index in [1.54, 1.807) is 24.3 Å². The van der Waals surface area contributed by atoms with E-state index in [0.717, 1.165) is 19.3 Å². The fraction of sp³-hybridized carbons (Fsp3) is 0.630. The number of hydrogen-bond acceptors (Lipinski definition) is 4. The molecule has 0 amide bonds. The first-order valence-electron chi connectivity index (χ1n) is 12.3. The fourth-order valence-corrected chi connectivity index (χ4v) is 3.36. The summed E-state index contributed by atoms with van der Waals surface area (Å²) in [5.74, 6) is -0.926. The molecule has 0 aliphatic heterocycles. The minimum Gasteiger partial charge on any atom is -0.462 e. The van der Waals surface area contributed by atoms with Gasteiger partial charge >= 0.3 is 11.9 Å². The van der Waals surface area contributed by atoms with E-state index in [2.05, 4.69) is 26.0 Å². The van der Waals surface area contributed by atoms with E-state index in [1.165, 1.54) is 57.8 Å². The van der Waals surface area contributed by atoms with Crippen molar-refractivity contribution in [1.29, 1.82) is 0 Å². The molecule has 0 saturated heterocycles. The van der Waals surface area contributed by atoms with Gasteiger partial charge in [0.05, 0.1) is 24.3 Å². The Balaban J connectivity index is 2.31. The van der Waals surface area contributed by atoms with Crippen LogP contribution in [0.15, 0.2) is 36.4 Å². The highest BCUT2D eigenvalue weighted by molar-refractivity contribution is 6.03. The molecule has 0 aromatic heterocycles. The topological polar surface area (TPSA) is 52.6 Å². The van der Waals surface area contributed by atoms with Crippen molar-refractivity contribution >= 4 is 11.9 Å². The van der Waals surface area contributed by atoms with Crippen molar-refractivity contribution in [2.75, 3.05) is 13.2 Å². The van der Waals surface area contributed by atoms with Gasteiger partial charge in [-0.1, -0.05) is 95.9 Å². The van der Waals surface area contributed by atoms with Gasteiger partial charge in [-0.15, -0.1) is 0 Å². The van der Waals surface area contributed by atoms with Crippen LogP contribution in [0, 0.1) is 0 Å². The molecule has 0 atom stereocenters. The Bertz CT molecular complexity index is 636. The molecule has 174 valence electrons. The zero-order chi connectivity index (χ0) is 22.6. The monoisotopic (exact) mass is 430 g/mol.